The van der Waals surface area contributed by atoms with Crippen molar-refractivity contribution in [1.29, 1.82) is 0 Å². The molecular formula is C24H33N3O13S2. The molecule has 0 aliphatic carbocycles. The number of hydroxylamine groups is 2. The van der Waals surface area contributed by atoms with E-state index in [0.717, 1.165) is 4.90 Å². The van der Waals surface area contributed by atoms with Gasteiger partial charge in [-0.2, -0.15) is 13.5 Å². The Kier molecular flexibility index (Phi) is 10.4. The maximum atomic E-state index is 12.9. The molecule has 1 aromatic rings. The Morgan fingerprint density at radius 2 is 1.71 bits per heavy atom. The number of hydrogen-bond donors (Lipinski definition) is 1. The third-order valence-electron chi connectivity index (χ3n) is 6.42. The highest BCUT2D eigenvalue weighted by molar-refractivity contribution is 7.91. The van der Waals surface area contributed by atoms with Crippen LogP contribution in [0, 0.1) is 5.41 Å². The number of urea groups is 1. The molecule has 2 saturated heterocycles. The number of imide groups is 1. The fourth-order valence-electron chi connectivity index (χ4n) is 4.09. The molecule has 0 radical (unpaired) electrons. The number of alkyl carbamates (subject to hydrolysis) is 1. The molecule has 3 rings (SSSR count). The molecule has 0 saturated carbocycles. The molecule has 0 spiro atoms. The van der Waals surface area contributed by atoms with Gasteiger partial charge >= 0.3 is 28.5 Å². The van der Waals surface area contributed by atoms with Crippen molar-refractivity contribution in [3.8, 4) is 5.75 Å². The first-order chi connectivity index (χ1) is 19.6. The fraction of sp³-hybridized carbons (Fsp3) is 0.583. The number of carbonyl (C=O) groups excluding carboxylic acids is 4. The second-order valence-corrected chi connectivity index (χ2v) is 13.3. The van der Waals surface area contributed by atoms with E-state index in [9.17, 15) is 36.0 Å². The van der Waals surface area contributed by atoms with Crippen LogP contribution in [-0.2, 0) is 47.8 Å². The highest BCUT2D eigenvalue weighted by atomic mass is 32.3. The zero-order valence-electron chi connectivity index (χ0n) is 23.4. The van der Waals surface area contributed by atoms with Gasteiger partial charge in [0.1, 0.15) is 18.4 Å². The molecule has 18 heteroatoms. The maximum Gasteiger partial charge on any atom is 0.421 e. The van der Waals surface area contributed by atoms with Crippen molar-refractivity contribution in [2.45, 2.75) is 50.6 Å². The van der Waals surface area contributed by atoms with Gasteiger partial charge < -0.3 is 19.1 Å². The van der Waals surface area contributed by atoms with Crippen LogP contribution in [0.15, 0.2) is 29.2 Å². The highest BCUT2D eigenvalue weighted by Gasteiger charge is 2.50. The number of fused-ring (bicyclic) bond motifs is 2. The summed E-state index contributed by atoms with van der Waals surface area (Å²) in [4.78, 5) is 50.8. The van der Waals surface area contributed by atoms with E-state index in [0.29, 0.717) is 10.8 Å². The number of piperidine rings is 1. The summed E-state index contributed by atoms with van der Waals surface area (Å²) in [6.45, 7) is 3.27. The number of esters is 1. The van der Waals surface area contributed by atoms with Crippen LogP contribution >= 0.6 is 0 Å². The summed E-state index contributed by atoms with van der Waals surface area (Å²) in [7, 11) is -7.13. The summed E-state index contributed by atoms with van der Waals surface area (Å²) in [5.41, 5.74) is -1.32. The minimum absolute atomic E-state index is 0.00501. The first-order valence-corrected chi connectivity index (χ1v) is 15.8. The van der Waals surface area contributed by atoms with Crippen molar-refractivity contribution in [2.75, 3.05) is 39.2 Å². The topological polar surface area (TPSA) is 201 Å². The lowest BCUT2D eigenvalue weighted by molar-refractivity contribution is -0.155. The Balaban J connectivity index is 1.50. The minimum atomic E-state index is -4.78. The SMILES string of the molecule is CCOC(=O)C(C)(C)COS(=O)(=O)ON1C(=O)N2C[C@H]1CC[C@H]2C(=O)NC(=O)OCCS(=O)(=O)c1ccc(OC)cc1. The van der Waals surface area contributed by atoms with Crippen molar-refractivity contribution in [1.82, 2.24) is 15.3 Å². The van der Waals surface area contributed by atoms with E-state index in [1.165, 1.54) is 45.2 Å². The van der Waals surface area contributed by atoms with Gasteiger partial charge in [0.05, 0.1) is 42.4 Å². The average Bonchev–Trinajstić information content (AvgIpc) is 3.16. The summed E-state index contributed by atoms with van der Waals surface area (Å²) < 4.78 is 74.0. The fourth-order valence-corrected chi connectivity index (χ4v) is 6.05. The van der Waals surface area contributed by atoms with E-state index >= 15 is 0 Å². The number of ether oxygens (including phenoxy) is 3. The molecule has 1 aromatic carbocycles. The first kappa shape index (κ1) is 33.0. The number of nitrogens with zero attached hydrogens (tertiary/aromatic N) is 2. The lowest BCUT2D eigenvalue weighted by Crippen LogP contribution is -2.51. The molecule has 2 aliphatic heterocycles. The molecule has 16 nitrogen and oxygen atoms in total. The van der Waals surface area contributed by atoms with Crippen molar-refractivity contribution < 1.29 is 58.7 Å². The number of benzene rings is 1. The lowest BCUT2D eigenvalue weighted by atomic mass is 9.95. The van der Waals surface area contributed by atoms with Crippen LogP contribution < -0.4 is 10.1 Å². The van der Waals surface area contributed by atoms with Crippen molar-refractivity contribution >= 4 is 44.2 Å². The van der Waals surface area contributed by atoms with E-state index in [-0.39, 0.29) is 30.9 Å². The number of amides is 4. The summed E-state index contributed by atoms with van der Waals surface area (Å²) in [6.07, 6.45) is -0.996. The number of methoxy groups -OCH3 is 1. The largest absolute Gasteiger partial charge is 0.497 e. The van der Waals surface area contributed by atoms with Gasteiger partial charge in [-0.05, 0) is 57.9 Å². The molecule has 0 unspecified atom stereocenters. The van der Waals surface area contributed by atoms with Crippen LogP contribution in [-0.4, -0.2) is 102 Å². The minimum Gasteiger partial charge on any atom is -0.497 e. The Bertz CT molecular complexity index is 1390. The van der Waals surface area contributed by atoms with E-state index in [1.807, 2.05) is 5.32 Å². The van der Waals surface area contributed by atoms with Crippen LogP contribution in [0.5, 0.6) is 5.75 Å². The van der Waals surface area contributed by atoms with Crippen LogP contribution in [0.4, 0.5) is 9.59 Å². The molecule has 2 bridgehead atoms. The maximum absolute atomic E-state index is 12.9. The van der Waals surface area contributed by atoms with Crippen molar-refractivity contribution in [3.63, 3.8) is 0 Å². The monoisotopic (exact) mass is 635 g/mol. The molecular weight excluding hydrogens is 602 g/mol. The molecule has 2 aliphatic rings. The van der Waals surface area contributed by atoms with Gasteiger partial charge in [-0.3, -0.25) is 14.9 Å². The van der Waals surface area contributed by atoms with Crippen molar-refractivity contribution in [3.05, 3.63) is 24.3 Å². The van der Waals surface area contributed by atoms with E-state index in [1.54, 1.807) is 6.92 Å². The summed E-state index contributed by atoms with van der Waals surface area (Å²) in [5.74, 6) is -1.67. The Labute approximate surface area is 243 Å². The van der Waals surface area contributed by atoms with Crippen LogP contribution in [0.2, 0.25) is 0 Å². The Hall–Kier alpha value is -3.48. The smallest absolute Gasteiger partial charge is 0.421 e. The van der Waals surface area contributed by atoms with Gasteiger partial charge in [-0.15, -0.1) is 4.28 Å². The van der Waals surface area contributed by atoms with E-state index < -0.39 is 80.7 Å². The Morgan fingerprint density at radius 3 is 2.33 bits per heavy atom. The number of rotatable bonds is 13. The van der Waals surface area contributed by atoms with Crippen molar-refractivity contribution in [2.24, 2.45) is 5.41 Å². The van der Waals surface area contributed by atoms with Gasteiger partial charge in [0, 0.05) is 6.54 Å². The normalized spacial score (nSPS) is 18.9. The molecule has 42 heavy (non-hydrogen) atoms. The molecule has 2 fully saturated rings. The number of hydrogen-bond acceptors (Lipinski definition) is 13. The Morgan fingerprint density at radius 1 is 1.05 bits per heavy atom. The summed E-state index contributed by atoms with van der Waals surface area (Å²) in [6, 6.07) is 2.79. The van der Waals surface area contributed by atoms with E-state index in [4.69, 9.17) is 22.7 Å². The second kappa shape index (κ2) is 13.2. The molecule has 2 heterocycles. The number of carbonyl (C=O) groups is 4. The molecule has 1 N–H and O–H groups in total. The predicted octanol–water partition coefficient (Wildman–Crippen LogP) is 0.773. The van der Waals surface area contributed by atoms with Gasteiger partial charge in [0.15, 0.2) is 9.84 Å². The predicted molar refractivity (Wildman–Crippen MR) is 142 cm³/mol. The average molecular weight is 636 g/mol. The molecule has 2 atom stereocenters. The zero-order valence-corrected chi connectivity index (χ0v) is 25.1. The molecule has 4 amide bonds. The van der Waals surface area contributed by atoms with Gasteiger partial charge in [-0.1, -0.05) is 0 Å². The van der Waals surface area contributed by atoms with Gasteiger partial charge in [0.25, 0.3) is 5.91 Å². The third-order valence-corrected chi connectivity index (χ3v) is 8.86. The highest BCUT2D eigenvalue weighted by Crippen LogP contribution is 2.31. The quantitative estimate of drug-likeness (QED) is 0.298. The second-order valence-electron chi connectivity index (χ2n) is 9.98. The van der Waals surface area contributed by atoms with Crippen LogP contribution in [0.25, 0.3) is 0 Å². The van der Waals surface area contributed by atoms with E-state index in [2.05, 4.69) is 0 Å². The number of sulfone groups is 1. The molecule has 0 aromatic heterocycles. The lowest BCUT2D eigenvalue weighted by Gasteiger charge is -2.28. The summed E-state index contributed by atoms with van der Waals surface area (Å²) >= 11 is 0. The van der Waals surface area contributed by atoms with Gasteiger partial charge in [0.2, 0.25) is 0 Å². The third kappa shape index (κ3) is 8.08. The summed E-state index contributed by atoms with van der Waals surface area (Å²) in [5, 5.41) is 2.54. The van der Waals surface area contributed by atoms with Crippen LogP contribution in [0.3, 0.4) is 0 Å². The van der Waals surface area contributed by atoms with Crippen LogP contribution in [0.1, 0.15) is 33.6 Å². The zero-order chi connectivity index (χ0) is 31.3. The first-order valence-electron chi connectivity index (χ1n) is 12.8. The number of nitrogens with one attached hydrogen (secondary N) is 1. The van der Waals surface area contributed by atoms with Gasteiger partial charge in [-0.25, -0.2) is 22.2 Å². The molecule has 234 valence electrons. The standard InChI is InChI=1S/C24H33N3O13S2/c1-5-37-21(29)24(2,3)15-39-42(34,35)40-27-16-6-11-19(26(14-16)23(27)31)20(28)25-22(30)38-12-13-41(32,33)18-9-7-17(36-4)8-10-18/h7-10,16,19H,5-6,11-15H2,1-4H3,(H,25,28,30)/t16-,19+/m1/s1.